The largest absolute Gasteiger partial charge is 0.444 e. The Balaban J connectivity index is 1.96. The first-order valence-corrected chi connectivity index (χ1v) is 8.01. The van der Waals surface area contributed by atoms with Crippen LogP contribution in [0, 0.1) is 6.92 Å². The number of carbonyl (C=O) groups is 1. The Kier molecular flexibility index (Phi) is 5.27. The number of hydrogen-bond acceptors (Lipinski definition) is 4. The number of nitrogens with zero attached hydrogens (tertiary/aromatic N) is 2. The number of pyridine rings is 1. The number of likely N-dealkylation sites (tertiary alicyclic amines) is 1. The van der Waals surface area contributed by atoms with Crippen molar-refractivity contribution < 1.29 is 9.53 Å². The summed E-state index contributed by atoms with van der Waals surface area (Å²) in [6.07, 6.45) is 4.77. The molecule has 1 aromatic heterocycles. The van der Waals surface area contributed by atoms with Gasteiger partial charge < -0.3 is 15.0 Å². The van der Waals surface area contributed by atoms with Crippen LogP contribution in [-0.2, 0) is 4.74 Å². The molecule has 0 unspecified atom stereocenters. The fourth-order valence-corrected chi connectivity index (χ4v) is 2.63. The summed E-state index contributed by atoms with van der Waals surface area (Å²) < 4.78 is 5.52. The van der Waals surface area contributed by atoms with E-state index in [0.29, 0.717) is 6.54 Å². The minimum absolute atomic E-state index is 0.158. The van der Waals surface area contributed by atoms with Crippen LogP contribution < -0.4 is 5.32 Å². The lowest BCUT2D eigenvalue weighted by molar-refractivity contribution is 0.0114. The van der Waals surface area contributed by atoms with Crippen molar-refractivity contribution in [1.82, 2.24) is 9.88 Å². The van der Waals surface area contributed by atoms with Gasteiger partial charge in [-0.1, -0.05) is 0 Å². The predicted octanol–water partition coefficient (Wildman–Crippen LogP) is 3.59. The van der Waals surface area contributed by atoms with E-state index in [1.165, 1.54) is 5.56 Å². The highest BCUT2D eigenvalue weighted by Crippen LogP contribution is 2.21. The molecule has 1 saturated heterocycles. The van der Waals surface area contributed by atoms with E-state index in [1.54, 1.807) is 6.20 Å². The quantitative estimate of drug-likeness (QED) is 0.927. The molecular weight excluding hydrogens is 278 g/mol. The molecule has 1 atom stereocenters. The third-order valence-electron chi connectivity index (χ3n) is 3.69. The zero-order valence-electron chi connectivity index (χ0n) is 14.1. The highest BCUT2D eigenvalue weighted by atomic mass is 16.6. The number of amides is 1. The van der Waals surface area contributed by atoms with Gasteiger partial charge in [-0.15, -0.1) is 0 Å². The lowest BCUT2D eigenvalue weighted by atomic mass is 10.0. The summed E-state index contributed by atoms with van der Waals surface area (Å²) in [4.78, 5) is 18.5. The first kappa shape index (κ1) is 16.6. The molecule has 1 aliphatic heterocycles. The fourth-order valence-electron chi connectivity index (χ4n) is 2.63. The van der Waals surface area contributed by atoms with E-state index >= 15 is 0 Å². The molecule has 122 valence electrons. The number of rotatable bonds is 3. The van der Waals surface area contributed by atoms with E-state index < -0.39 is 5.60 Å². The number of ether oxygens (including phenoxy) is 1. The van der Waals surface area contributed by atoms with Gasteiger partial charge in [-0.25, -0.2) is 9.78 Å². The number of aromatic nitrogens is 1. The van der Waals surface area contributed by atoms with Gasteiger partial charge in [0.15, 0.2) is 0 Å². The van der Waals surface area contributed by atoms with Crippen LogP contribution in [0.2, 0.25) is 0 Å². The first-order valence-electron chi connectivity index (χ1n) is 8.01. The second kappa shape index (κ2) is 6.99. The smallest absolute Gasteiger partial charge is 0.410 e. The second-order valence-corrected chi connectivity index (χ2v) is 6.92. The standard InChI is InChI=1S/C17H27N3O2/c1-13-8-9-18-15(11-13)19-12-14-7-5-6-10-20(14)16(21)22-17(2,3)4/h8-9,11,14H,5-7,10,12H2,1-4H3,(H,18,19)/t14-/m1/s1. The van der Waals surface area contributed by atoms with Crippen LogP contribution in [0.1, 0.15) is 45.6 Å². The molecule has 0 saturated carbocycles. The normalized spacial score (nSPS) is 18.9. The molecule has 0 aromatic carbocycles. The summed E-state index contributed by atoms with van der Waals surface area (Å²) >= 11 is 0. The Morgan fingerprint density at radius 1 is 1.45 bits per heavy atom. The molecule has 1 N–H and O–H groups in total. The van der Waals surface area contributed by atoms with Crippen LogP contribution in [0.25, 0.3) is 0 Å². The van der Waals surface area contributed by atoms with Crippen LogP contribution in [0.5, 0.6) is 0 Å². The number of piperidine rings is 1. The van der Waals surface area contributed by atoms with Crippen molar-refractivity contribution in [2.45, 2.75) is 58.6 Å². The number of anilines is 1. The van der Waals surface area contributed by atoms with E-state index in [-0.39, 0.29) is 12.1 Å². The van der Waals surface area contributed by atoms with E-state index in [2.05, 4.69) is 10.3 Å². The van der Waals surface area contributed by atoms with Crippen molar-refractivity contribution in [2.75, 3.05) is 18.4 Å². The lowest BCUT2D eigenvalue weighted by Gasteiger charge is -2.36. The Morgan fingerprint density at radius 2 is 2.23 bits per heavy atom. The molecule has 0 spiro atoms. The molecule has 5 nitrogen and oxygen atoms in total. The molecule has 5 heteroatoms. The van der Waals surface area contributed by atoms with Gasteiger partial charge in [-0.3, -0.25) is 0 Å². The van der Waals surface area contributed by atoms with Gasteiger partial charge in [0.2, 0.25) is 0 Å². The first-order chi connectivity index (χ1) is 10.3. The lowest BCUT2D eigenvalue weighted by Crippen LogP contribution is -2.48. The second-order valence-electron chi connectivity index (χ2n) is 6.92. The van der Waals surface area contributed by atoms with Crippen LogP contribution in [-0.4, -0.2) is 40.7 Å². The summed E-state index contributed by atoms with van der Waals surface area (Å²) in [6, 6.07) is 4.14. The maximum absolute atomic E-state index is 12.3. The van der Waals surface area contributed by atoms with E-state index in [1.807, 2.05) is 44.7 Å². The molecule has 1 amide bonds. The van der Waals surface area contributed by atoms with Gasteiger partial charge >= 0.3 is 6.09 Å². The van der Waals surface area contributed by atoms with Crippen molar-refractivity contribution >= 4 is 11.9 Å². The molecule has 1 aromatic rings. The summed E-state index contributed by atoms with van der Waals surface area (Å²) in [7, 11) is 0. The topological polar surface area (TPSA) is 54.5 Å². The van der Waals surface area contributed by atoms with Crippen LogP contribution in [0.4, 0.5) is 10.6 Å². The minimum Gasteiger partial charge on any atom is -0.444 e. The van der Waals surface area contributed by atoms with Gasteiger partial charge in [0.05, 0.1) is 6.04 Å². The zero-order chi connectivity index (χ0) is 16.2. The van der Waals surface area contributed by atoms with Gasteiger partial charge in [0, 0.05) is 19.3 Å². The van der Waals surface area contributed by atoms with E-state index in [0.717, 1.165) is 31.6 Å². The highest BCUT2D eigenvalue weighted by Gasteiger charge is 2.30. The van der Waals surface area contributed by atoms with Crippen molar-refractivity contribution in [3.05, 3.63) is 23.9 Å². The molecule has 1 aliphatic rings. The Hall–Kier alpha value is -1.78. The third kappa shape index (κ3) is 4.90. The van der Waals surface area contributed by atoms with Gasteiger partial charge in [0.1, 0.15) is 11.4 Å². The highest BCUT2D eigenvalue weighted by molar-refractivity contribution is 5.68. The zero-order valence-corrected chi connectivity index (χ0v) is 14.1. The van der Waals surface area contributed by atoms with Gasteiger partial charge in [0.25, 0.3) is 0 Å². The number of aryl methyl sites for hydroxylation is 1. The molecule has 0 aliphatic carbocycles. The number of carbonyl (C=O) groups excluding carboxylic acids is 1. The van der Waals surface area contributed by atoms with Crippen molar-refractivity contribution in [1.29, 1.82) is 0 Å². The molecule has 0 bridgehead atoms. The monoisotopic (exact) mass is 305 g/mol. The maximum atomic E-state index is 12.3. The van der Waals surface area contributed by atoms with Crippen molar-refractivity contribution in [3.8, 4) is 0 Å². The molecular formula is C17H27N3O2. The Bertz CT molecular complexity index is 511. The van der Waals surface area contributed by atoms with Crippen molar-refractivity contribution in [3.63, 3.8) is 0 Å². The fraction of sp³-hybridized carbons (Fsp3) is 0.647. The Morgan fingerprint density at radius 3 is 2.91 bits per heavy atom. The van der Waals surface area contributed by atoms with Gasteiger partial charge in [-0.05, 0) is 64.7 Å². The average molecular weight is 305 g/mol. The molecule has 22 heavy (non-hydrogen) atoms. The summed E-state index contributed by atoms with van der Waals surface area (Å²) in [6.45, 7) is 9.22. The van der Waals surface area contributed by atoms with E-state index in [9.17, 15) is 4.79 Å². The van der Waals surface area contributed by atoms with Crippen LogP contribution in [0.3, 0.4) is 0 Å². The predicted molar refractivity (Wildman–Crippen MR) is 88.0 cm³/mol. The average Bonchev–Trinajstić information content (AvgIpc) is 2.44. The van der Waals surface area contributed by atoms with Gasteiger partial charge in [-0.2, -0.15) is 0 Å². The number of nitrogens with one attached hydrogen (secondary N) is 1. The van der Waals surface area contributed by atoms with Crippen LogP contribution in [0.15, 0.2) is 18.3 Å². The Labute approximate surface area is 133 Å². The molecule has 2 heterocycles. The minimum atomic E-state index is -0.454. The number of hydrogen-bond donors (Lipinski definition) is 1. The molecule has 0 radical (unpaired) electrons. The molecule has 1 fully saturated rings. The van der Waals surface area contributed by atoms with Crippen molar-refractivity contribution in [2.24, 2.45) is 0 Å². The third-order valence-corrected chi connectivity index (χ3v) is 3.69. The maximum Gasteiger partial charge on any atom is 0.410 e. The SMILES string of the molecule is Cc1ccnc(NC[C@H]2CCCCN2C(=O)OC(C)(C)C)c1. The summed E-state index contributed by atoms with van der Waals surface area (Å²) in [5.41, 5.74) is 0.718. The molecule has 2 rings (SSSR count). The van der Waals surface area contributed by atoms with E-state index in [4.69, 9.17) is 4.74 Å². The summed E-state index contributed by atoms with van der Waals surface area (Å²) in [5, 5.41) is 3.34. The summed E-state index contributed by atoms with van der Waals surface area (Å²) in [5.74, 6) is 0.856. The van der Waals surface area contributed by atoms with Crippen LogP contribution >= 0.6 is 0 Å².